The minimum atomic E-state index is -0.441. The lowest BCUT2D eigenvalue weighted by Crippen LogP contribution is -2.10. The lowest BCUT2D eigenvalue weighted by molar-refractivity contribution is -0.111. The van der Waals surface area contributed by atoms with Crippen LogP contribution in [0.4, 0.5) is 5.69 Å². The second kappa shape index (κ2) is 10.0. The van der Waals surface area contributed by atoms with Gasteiger partial charge in [0.05, 0.1) is 33.5 Å². The van der Waals surface area contributed by atoms with Crippen LogP contribution in [0.2, 0.25) is 0 Å². The van der Waals surface area contributed by atoms with Gasteiger partial charge < -0.3 is 24.3 Å². The molecule has 148 valence electrons. The molecular formula is C21H23NO6. The Labute approximate surface area is 163 Å². The molecule has 0 aliphatic heterocycles. The van der Waals surface area contributed by atoms with E-state index in [1.807, 2.05) is 0 Å². The number of amides is 1. The van der Waals surface area contributed by atoms with Gasteiger partial charge in [-0.05, 0) is 43.3 Å². The summed E-state index contributed by atoms with van der Waals surface area (Å²) in [6.45, 7) is 2.02. The number of rotatable bonds is 8. The molecule has 0 aliphatic carbocycles. The Morgan fingerprint density at radius 3 is 2.39 bits per heavy atom. The number of hydrogen-bond donors (Lipinski definition) is 1. The number of anilines is 1. The third-order valence-corrected chi connectivity index (χ3v) is 3.79. The summed E-state index contributed by atoms with van der Waals surface area (Å²) in [6.07, 6.45) is 2.96. The number of nitrogens with one attached hydrogen (secondary N) is 1. The molecule has 7 heteroatoms. The zero-order chi connectivity index (χ0) is 20.5. The zero-order valence-electron chi connectivity index (χ0n) is 16.3. The first-order chi connectivity index (χ1) is 13.5. The largest absolute Gasteiger partial charge is 0.493 e. The van der Waals surface area contributed by atoms with Gasteiger partial charge in [-0.3, -0.25) is 4.79 Å². The van der Waals surface area contributed by atoms with Crippen LogP contribution in [-0.4, -0.2) is 39.8 Å². The molecule has 0 fully saturated rings. The predicted molar refractivity (Wildman–Crippen MR) is 106 cm³/mol. The maximum absolute atomic E-state index is 12.3. The fourth-order valence-electron chi connectivity index (χ4n) is 2.54. The Hall–Kier alpha value is -3.48. The van der Waals surface area contributed by atoms with E-state index in [-0.39, 0.29) is 12.5 Å². The van der Waals surface area contributed by atoms with E-state index < -0.39 is 5.97 Å². The number of methoxy groups -OCH3 is 3. The van der Waals surface area contributed by atoms with Gasteiger partial charge in [-0.25, -0.2) is 4.79 Å². The molecule has 0 aromatic heterocycles. The van der Waals surface area contributed by atoms with Crippen molar-refractivity contribution >= 4 is 23.6 Å². The molecule has 0 saturated carbocycles. The van der Waals surface area contributed by atoms with Crippen molar-refractivity contribution in [3.05, 3.63) is 53.6 Å². The maximum atomic E-state index is 12.3. The lowest BCUT2D eigenvalue weighted by Gasteiger charge is -2.14. The molecule has 1 amide bonds. The van der Waals surface area contributed by atoms with E-state index in [9.17, 15) is 9.59 Å². The first-order valence-electron chi connectivity index (χ1n) is 8.59. The Morgan fingerprint density at radius 1 is 1.00 bits per heavy atom. The van der Waals surface area contributed by atoms with Crippen LogP contribution in [0.5, 0.6) is 17.2 Å². The van der Waals surface area contributed by atoms with Gasteiger partial charge in [0.1, 0.15) is 0 Å². The molecule has 0 aliphatic rings. The number of carbonyl (C=O) groups is 2. The van der Waals surface area contributed by atoms with Gasteiger partial charge in [0, 0.05) is 17.3 Å². The van der Waals surface area contributed by atoms with Gasteiger partial charge >= 0.3 is 5.97 Å². The van der Waals surface area contributed by atoms with E-state index >= 15 is 0 Å². The van der Waals surface area contributed by atoms with Gasteiger partial charge in [-0.2, -0.15) is 0 Å². The van der Waals surface area contributed by atoms with Crippen molar-refractivity contribution in [1.82, 2.24) is 0 Å². The van der Waals surface area contributed by atoms with Crippen molar-refractivity contribution in [1.29, 1.82) is 0 Å². The van der Waals surface area contributed by atoms with Gasteiger partial charge in [-0.1, -0.05) is 6.07 Å². The number of carbonyl (C=O) groups excluding carboxylic acids is 2. The number of hydrogen-bond acceptors (Lipinski definition) is 6. The normalized spacial score (nSPS) is 10.4. The van der Waals surface area contributed by atoms with Crippen molar-refractivity contribution in [2.75, 3.05) is 33.3 Å². The van der Waals surface area contributed by atoms with Crippen LogP contribution in [0.3, 0.4) is 0 Å². The molecular weight excluding hydrogens is 362 g/mol. The average molecular weight is 385 g/mol. The van der Waals surface area contributed by atoms with E-state index in [0.29, 0.717) is 34.1 Å². The summed E-state index contributed by atoms with van der Waals surface area (Å²) in [7, 11) is 4.55. The van der Waals surface area contributed by atoms with E-state index in [1.54, 1.807) is 49.4 Å². The standard InChI is InChI=1S/C21H23NO6/c1-5-28-21(24)15-7-6-8-16(13-15)22-18(23)12-10-14-9-11-17(25-2)20(27-4)19(14)26-3/h6-13H,5H2,1-4H3,(H,22,23)/b12-10+. The van der Waals surface area contributed by atoms with Crippen molar-refractivity contribution in [3.63, 3.8) is 0 Å². The Balaban J connectivity index is 2.16. The molecule has 0 heterocycles. The summed E-state index contributed by atoms with van der Waals surface area (Å²) >= 11 is 0. The topological polar surface area (TPSA) is 83.1 Å². The monoisotopic (exact) mass is 385 g/mol. The molecule has 2 aromatic rings. The molecule has 7 nitrogen and oxygen atoms in total. The molecule has 0 saturated heterocycles. The minimum absolute atomic E-state index is 0.283. The van der Waals surface area contributed by atoms with Crippen LogP contribution in [0.1, 0.15) is 22.8 Å². The van der Waals surface area contributed by atoms with E-state index in [4.69, 9.17) is 18.9 Å². The van der Waals surface area contributed by atoms with Crippen molar-refractivity contribution < 1.29 is 28.5 Å². The van der Waals surface area contributed by atoms with E-state index in [1.165, 1.54) is 27.4 Å². The molecule has 0 atom stereocenters. The van der Waals surface area contributed by atoms with E-state index in [0.717, 1.165) is 0 Å². The first-order valence-corrected chi connectivity index (χ1v) is 8.59. The molecule has 1 N–H and O–H groups in total. The summed E-state index contributed by atoms with van der Waals surface area (Å²) < 4.78 is 20.9. The second-order valence-electron chi connectivity index (χ2n) is 5.55. The van der Waals surface area contributed by atoms with Crippen LogP contribution < -0.4 is 19.5 Å². The van der Waals surface area contributed by atoms with Crippen LogP contribution in [0.25, 0.3) is 6.08 Å². The van der Waals surface area contributed by atoms with Gasteiger partial charge in [0.2, 0.25) is 11.7 Å². The number of benzene rings is 2. The average Bonchev–Trinajstić information content (AvgIpc) is 2.71. The summed E-state index contributed by atoms with van der Waals surface area (Å²) in [5.41, 5.74) is 1.50. The third-order valence-electron chi connectivity index (χ3n) is 3.79. The molecule has 0 spiro atoms. The highest BCUT2D eigenvalue weighted by molar-refractivity contribution is 6.03. The first kappa shape index (κ1) is 20.8. The molecule has 2 aromatic carbocycles. The third kappa shape index (κ3) is 5.03. The second-order valence-corrected chi connectivity index (χ2v) is 5.55. The van der Waals surface area contributed by atoms with Crippen LogP contribution in [0.15, 0.2) is 42.5 Å². The SMILES string of the molecule is CCOC(=O)c1cccc(NC(=O)/C=C/c2ccc(OC)c(OC)c2OC)c1. The fraction of sp³-hybridized carbons (Fsp3) is 0.238. The summed E-state index contributed by atoms with van der Waals surface area (Å²) in [5.74, 6) is 0.615. The van der Waals surface area contributed by atoms with Gasteiger partial charge in [-0.15, -0.1) is 0 Å². The number of ether oxygens (including phenoxy) is 4. The van der Waals surface area contributed by atoms with Gasteiger partial charge in [0.25, 0.3) is 0 Å². The lowest BCUT2D eigenvalue weighted by atomic mass is 10.1. The Morgan fingerprint density at radius 2 is 1.75 bits per heavy atom. The highest BCUT2D eigenvalue weighted by Gasteiger charge is 2.14. The van der Waals surface area contributed by atoms with Crippen molar-refractivity contribution in [3.8, 4) is 17.2 Å². The molecule has 28 heavy (non-hydrogen) atoms. The highest BCUT2D eigenvalue weighted by Crippen LogP contribution is 2.40. The van der Waals surface area contributed by atoms with E-state index in [2.05, 4.69) is 5.32 Å². The van der Waals surface area contributed by atoms with Gasteiger partial charge in [0.15, 0.2) is 11.5 Å². The fourth-order valence-corrected chi connectivity index (χ4v) is 2.54. The van der Waals surface area contributed by atoms with Crippen LogP contribution in [-0.2, 0) is 9.53 Å². The zero-order valence-corrected chi connectivity index (χ0v) is 16.3. The Bertz CT molecular complexity index is 875. The van der Waals surface area contributed by atoms with Crippen molar-refractivity contribution in [2.45, 2.75) is 6.92 Å². The molecule has 2 rings (SSSR count). The van der Waals surface area contributed by atoms with Crippen LogP contribution in [0, 0.1) is 0 Å². The molecule has 0 bridgehead atoms. The summed E-state index contributed by atoms with van der Waals surface area (Å²) in [5, 5.41) is 2.71. The minimum Gasteiger partial charge on any atom is -0.493 e. The molecule has 0 unspecified atom stereocenters. The summed E-state index contributed by atoms with van der Waals surface area (Å²) in [6, 6.07) is 10.0. The quantitative estimate of drug-likeness (QED) is 0.553. The van der Waals surface area contributed by atoms with Crippen molar-refractivity contribution in [2.24, 2.45) is 0 Å². The van der Waals surface area contributed by atoms with Crippen LogP contribution >= 0.6 is 0 Å². The molecule has 0 radical (unpaired) electrons. The predicted octanol–water partition coefficient (Wildman–Crippen LogP) is 3.54. The summed E-state index contributed by atoms with van der Waals surface area (Å²) in [4.78, 5) is 24.1. The Kier molecular flexibility index (Phi) is 7.45. The highest BCUT2D eigenvalue weighted by atomic mass is 16.5. The number of esters is 1. The smallest absolute Gasteiger partial charge is 0.338 e. The maximum Gasteiger partial charge on any atom is 0.338 e.